The molecule has 2 aromatic carbocycles. The summed E-state index contributed by atoms with van der Waals surface area (Å²) < 4.78 is 12.9. The fourth-order valence-electron chi connectivity index (χ4n) is 4.17. The molecule has 1 heterocycles. The minimum atomic E-state index is -0.441. The number of hydrogen-bond donors (Lipinski definition) is 0. The second-order valence-electron chi connectivity index (χ2n) is 8.04. The van der Waals surface area contributed by atoms with Crippen molar-refractivity contribution in [2.45, 2.75) is 51.9 Å². The lowest BCUT2D eigenvalue weighted by Gasteiger charge is -2.22. The number of carbonyl (C=O) groups is 1. The molecule has 0 N–H and O–H groups in total. The molecule has 0 unspecified atom stereocenters. The van der Waals surface area contributed by atoms with E-state index in [-0.39, 0.29) is 11.5 Å². The van der Waals surface area contributed by atoms with Crippen LogP contribution >= 0.6 is 15.9 Å². The average Bonchev–Trinajstić information content (AvgIpc) is 2.81. The summed E-state index contributed by atoms with van der Waals surface area (Å²) in [5, 5.41) is 5.10. The molecular formula is C25H26BrN3O4. The highest BCUT2D eigenvalue weighted by atomic mass is 79.9. The van der Waals surface area contributed by atoms with Crippen molar-refractivity contribution in [1.29, 1.82) is 0 Å². The number of esters is 1. The van der Waals surface area contributed by atoms with Gasteiger partial charge in [0.1, 0.15) is 5.82 Å². The number of hydrogen-bond acceptors (Lipinski definition) is 6. The first-order valence-electron chi connectivity index (χ1n) is 11.2. The Labute approximate surface area is 200 Å². The Morgan fingerprint density at radius 3 is 2.73 bits per heavy atom. The zero-order valence-corrected chi connectivity index (χ0v) is 20.3. The van der Waals surface area contributed by atoms with Crippen molar-refractivity contribution < 1.29 is 14.3 Å². The maximum absolute atomic E-state index is 13.3. The maximum Gasteiger partial charge on any atom is 0.308 e. The van der Waals surface area contributed by atoms with Gasteiger partial charge in [0.2, 0.25) is 0 Å². The normalized spacial score (nSPS) is 14.6. The quantitative estimate of drug-likeness (QED) is 0.251. The lowest BCUT2D eigenvalue weighted by Crippen LogP contribution is -2.25. The Kier molecular flexibility index (Phi) is 7.23. The highest BCUT2D eigenvalue weighted by Crippen LogP contribution is 2.37. The molecular weight excluding hydrogens is 486 g/mol. The smallest absolute Gasteiger partial charge is 0.308 e. The highest BCUT2D eigenvalue weighted by molar-refractivity contribution is 9.10. The standard InChI is InChI=1S/C25H26BrN3O4/c1-3-32-22-14-17(13-20(26)23(22)33-16(2)30)15-27-29-24(18-9-5-4-6-10-18)28-21-12-8-7-11-19(21)25(29)31/h7-8,11-15,18H,3-6,9-10H2,1-2H3. The summed E-state index contributed by atoms with van der Waals surface area (Å²) in [6.45, 7) is 3.59. The molecule has 0 radical (unpaired) electrons. The van der Waals surface area contributed by atoms with Gasteiger partial charge < -0.3 is 9.47 Å². The fraction of sp³-hybridized carbons (Fsp3) is 0.360. The number of rotatable bonds is 6. The van der Waals surface area contributed by atoms with E-state index in [0.29, 0.717) is 44.9 Å². The third-order valence-corrected chi connectivity index (χ3v) is 6.24. The summed E-state index contributed by atoms with van der Waals surface area (Å²) in [6.07, 6.45) is 7.06. The molecule has 1 aliphatic carbocycles. The molecule has 0 saturated heterocycles. The van der Waals surface area contributed by atoms with E-state index < -0.39 is 5.97 Å². The van der Waals surface area contributed by atoms with E-state index in [4.69, 9.17) is 14.5 Å². The average molecular weight is 512 g/mol. The molecule has 7 nitrogen and oxygen atoms in total. The summed E-state index contributed by atoms with van der Waals surface area (Å²) >= 11 is 3.45. The highest BCUT2D eigenvalue weighted by Gasteiger charge is 2.22. The van der Waals surface area contributed by atoms with E-state index in [1.165, 1.54) is 18.0 Å². The second kappa shape index (κ2) is 10.3. The molecule has 33 heavy (non-hydrogen) atoms. The van der Waals surface area contributed by atoms with Crippen LogP contribution in [0.4, 0.5) is 0 Å². The predicted octanol–water partition coefficient (Wildman–Crippen LogP) is 5.41. The van der Waals surface area contributed by atoms with Gasteiger partial charge in [0.05, 0.1) is 28.2 Å². The zero-order valence-electron chi connectivity index (χ0n) is 18.7. The van der Waals surface area contributed by atoms with Crippen LogP contribution < -0.4 is 15.0 Å². The van der Waals surface area contributed by atoms with Crippen molar-refractivity contribution in [3.63, 3.8) is 0 Å². The second-order valence-corrected chi connectivity index (χ2v) is 8.89. The lowest BCUT2D eigenvalue weighted by molar-refractivity contribution is -0.132. The summed E-state index contributed by atoms with van der Waals surface area (Å²) in [4.78, 5) is 29.7. The third-order valence-electron chi connectivity index (χ3n) is 5.65. The molecule has 1 saturated carbocycles. The summed E-state index contributed by atoms with van der Waals surface area (Å²) in [6, 6.07) is 10.9. The van der Waals surface area contributed by atoms with Crippen LogP contribution in [0.2, 0.25) is 0 Å². The molecule has 4 rings (SSSR count). The van der Waals surface area contributed by atoms with Gasteiger partial charge >= 0.3 is 5.97 Å². The van der Waals surface area contributed by atoms with E-state index in [1.807, 2.05) is 25.1 Å². The van der Waals surface area contributed by atoms with Crippen molar-refractivity contribution in [2.75, 3.05) is 6.61 Å². The van der Waals surface area contributed by atoms with E-state index >= 15 is 0 Å². The van der Waals surface area contributed by atoms with Gasteiger partial charge in [-0.15, -0.1) is 0 Å². The van der Waals surface area contributed by atoms with Crippen LogP contribution in [-0.4, -0.2) is 28.5 Å². The minimum absolute atomic E-state index is 0.182. The van der Waals surface area contributed by atoms with Crippen LogP contribution in [0.25, 0.3) is 10.9 Å². The SMILES string of the molecule is CCOc1cc(C=Nn2c(C3CCCCC3)nc3ccccc3c2=O)cc(Br)c1OC(C)=O. The molecule has 0 amide bonds. The first-order chi connectivity index (χ1) is 16.0. The monoisotopic (exact) mass is 511 g/mol. The van der Waals surface area contributed by atoms with E-state index in [2.05, 4.69) is 21.0 Å². The maximum atomic E-state index is 13.3. The Balaban J connectivity index is 1.79. The van der Waals surface area contributed by atoms with Gasteiger partial charge in [-0.2, -0.15) is 9.78 Å². The van der Waals surface area contributed by atoms with E-state index in [9.17, 15) is 9.59 Å². The van der Waals surface area contributed by atoms with Gasteiger partial charge in [-0.3, -0.25) is 9.59 Å². The number of para-hydroxylation sites is 1. The first kappa shape index (κ1) is 23.2. The molecule has 3 aromatic rings. The largest absolute Gasteiger partial charge is 0.490 e. The van der Waals surface area contributed by atoms with Gasteiger partial charge in [-0.25, -0.2) is 4.98 Å². The number of benzene rings is 2. The Morgan fingerprint density at radius 2 is 2.00 bits per heavy atom. The number of nitrogens with zero attached hydrogens (tertiary/aromatic N) is 3. The molecule has 1 aliphatic rings. The first-order valence-corrected chi connectivity index (χ1v) is 12.0. The van der Waals surface area contributed by atoms with Crippen molar-refractivity contribution in [3.8, 4) is 11.5 Å². The van der Waals surface area contributed by atoms with Crippen LogP contribution in [0.15, 0.2) is 50.8 Å². The number of ether oxygens (including phenoxy) is 2. The summed E-state index contributed by atoms with van der Waals surface area (Å²) in [5.74, 6) is 1.19. The molecule has 1 aromatic heterocycles. The van der Waals surface area contributed by atoms with Gasteiger partial charge in [0.15, 0.2) is 11.5 Å². The van der Waals surface area contributed by atoms with Crippen LogP contribution in [0.1, 0.15) is 63.3 Å². The zero-order chi connectivity index (χ0) is 23.4. The molecule has 0 spiro atoms. The summed E-state index contributed by atoms with van der Waals surface area (Å²) in [7, 11) is 0. The van der Waals surface area contributed by atoms with Gasteiger partial charge in [0.25, 0.3) is 5.56 Å². The molecule has 172 valence electrons. The van der Waals surface area contributed by atoms with E-state index in [0.717, 1.165) is 25.7 Å². The Morgan fingerprint density at radius 1 is 1.24 bits per heavy atom. The molecule has 1 fully saturated rings. The van der Waals surface area contributed by atoms with Crippen LogP contribution in [0.3, 0.4) is 0 Å². The van der Waals surface area contributed by atoms with Gasteiger partial charge in [0, 0.05) is 12.8 Å². The van der Waals surface area contributed by atoms with Crippen LogP contribution in [0, 0.1) is 0 Å². The van der Waals surface area contributed by atoms with Crippen molar-refractivity contribution in [2.24, 2.45) is 5.10 Å². The molecule has 8 heteroatoms. The summed E-state index contributed by atoms with van der Waals surface area (Å²) in [5.41, 5.74) is 1.20. The minimum Gasteiger partial charge on any atom is -0.490 e. The molecule has 0 aliphatic heterocycles. The fourth-order valence-corrected chi connectivity index (χ4v) is 4.71. The topological polar surface area (TPSA) is 82.8 Å². The van der Waals surface area contributed by atoms with Crippen LogP contribution in [-0.2, 0) is 4.79 Å². The Bertz CT molecular complexity index is 1260. The van der Waals surface area contributed by atoms with Crippen molar-refractivity contribution in [3.05, 3.63) is 62.6 Å². The predicted molar refractivity (Wildman–Crippen MR) is 131 cm³/mol. The van der Waals surface area contributed by atoms with Gasteiger partial charge in [-0.1, -0.05) is 31.4 Å². The van der Waals surface area contributed by atoms with Crippen LogP contribution in [0.5, 0.6) is 11.5 Å². The molecule has 0 atom stereocenters. The number of halogens is 1. The third kappa shape index (κ3) is 5.16. The molecule has 0 bridgehead atoms. The van der Waals surface area contributed by atoms with Gasteiger partial charge in [-0.05, 0) is 65.5 Å². The van der Waals surface area contributed by atoms with Crippen molar-refractivity contribution >= 4 is 39.0 Å². The number of aromatic nitrogens is 2. The van der Waals surface area contributed by atoms with E-state index in [1.54, 1.807) is 24.4 Å². The number of fused-ring (bicyclic) bond motifs is 1. The Hall–Kier alpha value is -3.00. The van der Waals surface area contributed by atoms with Crippen molar-refractivity contribution in [1.82, 2.24) is 9.66 Å². The number of carbonyl (C=O) groups excluding carboxylic acids is 1. The lowest BCUT2D eigenvalue weighted by atomic mass is 9.88.